The van der Waals surface area contributed by atoms with Crippen molar-refractivity contribution in [3.05, 3.63) is 65.2 Å². The summed E-state index contributed by atoms with van der Waals surface area (Å²) in [5.74, 6) is 0.349. The Hall–Kier alpha value is -2.93. The summed E-state index contributed by atoms with van der Waals surface area (Å²) >= 11 is 1.26. The molecule has 0 saturated heterocycles. The summed E-state index contributed by atoms with van der Waals surface area (Å²) in [5, 5.41) is 0. The van der Waals surface area contributed by atoms with Crippen LogP contribution in [-0.4, -0.2) is 23.7 Å². The van der Waals surface area contributed by atoms with E-state index in [9.17, 15) is 9.18 Å². The quantitative estimate of drug-likeness (QED) is 0.546. The van der Waals surface area contributed by atoms with Crippen molar-refractivity contribution in [3.63, 3.8) is 0 Å². The van der Waals surface area contributed by atoms with Gasteiger partial charge in [0.2, 0.25) is 0 Å². The highest BCUT2D eigenvalue weighted by Gasteiger charge is 2.13. The number of hydrogen-bond acceptors (Lipinski definition) is 4. The fourth-order valence-electron chi connectivity index (χ4n) is 2.77. The van der Waals surface area contributed by atoms with Crippen LogP contribution in [0.15, 0.2) is 54.0 Å². The van der Waals surface area contributed by atoms with Gasteiger partial charge >= 0.3 is 0 Å². The number of carbonyl (C=O) groups is 1. The summed E-state index contributed by atoms with van der Waals surface area (Å²) in [7, 11) is 0. The first-order valence-corrected chi connectivity index (χ1v) is 9.77. The minimum atomic E-state index is -0.408. The zero-order valence-corrected chi connectivity index (χ0v) is 16.6. The SMILES string of the molecule is C=CCn1c(=NC(=O)c2ccc(OCC)c(OCC)c2)sc2cc(F)ccc21. The number of hydrogen-bond donors (Lipinski definition) is 0. The first kappa shape index (κ1) is 19.8. The highest BCUT2D eigenvalue weighted by molar-refractivity contribution is 7.16. The van der Waals surface area contributed by atoms with Crippen LogP contribution in [0, 0.1) is 5.82 Å². The first-order valence-electron chi connectivity index (χ1n) is 8.95. The Labute approximate surface area is 166 Å². The molecule has 5 nitrogen and oxygen atoms in total. The van der Waals surface area contributed by atoms with E-state index in [0.29, 0.717) is 41.6 Å². The summed E-state index contributed by atoms with van der Waals surface area (Å²) in [5.41, 5.74) is 1.19. The lowest BCUT2D eigenvalue weighted by molar-refractivity contribution is 0.0997. The molecule has 28 heavy (non-hydrogen) atoms. The molecule has 0 aliphatic rings. The van der Waals surface area contributed by atoms with E-state index in [1.807, 2.05) is 18.4 Å². The largest absolute Gasteiger partial charge is 0.490 e. The smallest absolute Gasteiger partial charge is 0.279 e. The summed E-state index contributed by atoms with van der Waals surface area (Å²) in [4.78, 5) is 17.5. The van der Waals surface area contributed by atoms with E-state index in [-0.39, 0.29) is 5.82 Å². The van der Waals surface area contributed by atoms with E-state index in [4.69, 9.17) is 9.47 Å². The van der Waals surface area contributed by atoms with Crippen molar-refractivity contribution in [2.75, 3.05) is 13.2 Å². The number of rotatable bonds is 7. The molecule has 146 valence electrons. The summed E-state index contributed by atoms with van der Waals surface area (Å²) in [6.45, 7) is 8.91. The number of ether oxygens (including phenoxy) is 2. The lowest BCUT2D eigenvalue weighted by atomic mass is 10.2. The minimum absolute atomic E-state index is 0.328. The molecule has 0 unspecified atom stereocenters. The van der Waals surface area contributed by atoms with Crippen molar-refractivity contribution in [1.29, 1.82) is 0 Å². The van der Waals surface area contributed by atoms with Crippen molar-refractivity contribution in [3.8, 4) is 11.5 Å². The molecule has 0 aliphatic heterocycles. The van der Waals surface area contributed by atoms with Crippen LogP contribution in [0.25, 0.3) is 10.2 Å². The summed E-state index contributed by atoms with van der Waals surface area (Å²) in [6.07, 6.45) is 1.71. The third kappa shape index (κ3) is 4.14. The number of carbonyl (C=O) groups excluding carboxylic acids is 1. The first-order chi connectivity index (χ1) is 13.6. The van der Waals surface area contributed by atoms with Crippen LogP contribution in [-0.2, 0) is 6.54 Å². The summed E-state index contributed by atoms with van der Waals surface area (Å²) < 4.78 is 27.2. The molecule has 7 heteroatoms. The van der Waals surface area contributed by atoms with Crippen molar-refractivity contribution < 1.29 is 18.7 Å². The highest BCUT2D eigenvalue weighted by atomic mass is 32.1. The van der Waals surface area contributed by atoms with Gasteiger partial charge in [-0.1, -0.05) is 17.4 Å². The minimum Gasteiger partial charge on any atom is -0.490 e. The normalized spacial score (nSPS) is 11.6. The van der Waals surface area contributed by atoms with Crippen molar-refractivity contribution in [2.45, 2.75) is 20.4 Å². The Bertz CT molecular complexity index is 1080. The van der Waals surface area contributed by atoms with Crippen molar-refractivity contribution >= 4 is 27.5 Å². The maximum absolute atomic E-state index is 13.6. The third-order valence-corrected chi connectivity index (χ3v) is 4.99. The number of amides is 1. The Morgan fingerprint density at radius 3 is 2.64 bits per heavy atom. The second-order valence-electron chi connectivity index (χ2n) is 5.84. The second-order valence-corrected chi connectivity index (χ2v) is 6.85. The lowest BCUT2D eigenvalue weighted by Crippen LogP contribution is -2.16. The number of fused-ring (bicyclic) bond motifs is 1. The van der Waals surface area contributed by atoms with Gasteiger partial charge in [-0.3, -0.25) is 4.79 Å². The van der Waals surface area contributed by atoms with Gasteiger partial charge in [0, 0.05) is 12.1 Å². The molecule has 1 heterocycles. The molecule has 0 radical (unpaired) electrons. The molecule has 0 aliphatic carbocycles. The third-order valence-electron chi connectivity index (χ3n) is 3.94. The van der Waals surface area contributed by atoms with Crippen LogP contribution >= 0.6 is 11.3 Å². The molecule has 3 aromatic rings. The van der Waals surface area contributed by atoms with E-state index in [0.717, 1.165) is 10.2 Å². The van der Waals surface area contributed by atoms with Gasteiger partial charge in [-0.2, -0.15) is 4.99 Å². The topological polar surface area (TPSA) is 52.8 Å². The Morgan fingerprint density at radius 2 is 1.93 bits per heavy atom. The molecule has 0 bridgehead atoms. The standard InChI is InChI=1S/C21H21FN2O3S/c1-4-11-24-16-9-8-15(22)13-19(16)28-21(24)23-20(25)14-7-10-17(26-5-2)18(12-14)27-6-3/h4,7-10,12-13H,1,5-6,11H2,2-3H3. The average molecular weight is 400 g/mol. The van der Waals surface area contributed by atoms with Crippen LogP contribution < -0.4 is 14.3 Å². The maximum atomic E-state index is 13.6. The molecule has 1 amide bonds. The number of allylic oxidation sites excluding steroid dienone is 1. The van der Waals surface area contributed by atoms with Gasteiger partial charge in [-0.25, -0.2) is 4.39 Å². The molecule has 0 N–H and O–H groups in total. The lowest BCUT2D eigenvalue weighted by Gasteiger charge is -2.11. The van der Waals surface area contributed by atoms with Crippen LogP contribution in [0.3, 0.4) is 0 Å². The number of benzene rings is 2. The molecule has 0 saturated carbocycles. The highest BCUT2D eigenvalue weighted by Crippen LogP contribution is 2.29. The Morgan fingerprint density at radius 1 is 1.18 bits per heavy atom. The fourth-order valence-corrected chi connectivity index (χ4v) is 3.84. The molecule has 0 fully saturated rings. The maximum Gasteiger partial charge on any atom is 0.279 e. The van der Waals surface area contributed by atoms with Gasteiger partial charge in [0.15, 0.2) is 16.3 Å². The zero-order chi connectivity index (χ0) is 20.1. The van der Waals surface area contributed by atoms with Gasteiger partial charge < -0.3 is 14.0 Å². The van der Waals surface area contributed by atoms with Gasteiger partial charge in [0.25, 0.3) is 5.91 Å². The molecule has 2 aromatic carbocycles. The number of thiazole rings is 1. The van der Waals surface area contributed by atoms with Crippen molar-refractivity contribution in [2.24, 2.45) is 4.99 Å². The molecule has 1 aromatic heterocycles. The number of nitrogens with zero attached hydrogens (tertiary/aromatic N) is 2. The molecule has 3 rings (SSSR count). The molecule has 0 atom stereocenters. The van der Waals surface area contributed by atoms with Gasteiger partial charge in [-0.15, -0.1) is 6.58 Å². The Kier molecular flexibility index (Phi) is 6.26. The van der Waals surface area contributed by atoms with Crippen LogP contribution in [0.2, 0.25) is 0 Å². The monoisotopic (exact) mass is 400 g/mol. The second kappa shape index (κ2) is 8.84. The van der Waals surface area contributed by atoms with Crippen LogP contribution in [0.5, 0.6) is 11.5 Å². The Balaban J connectivity index is 2.06. The molecular formula is C21H21FN2O3S. The van der Waals surface area contributed by atoms with Gasteiger partial charge in [-0.05, 0) is 50.2 Å². The van der Waals surface area contributed by atoms with E-state index >= 15 is 0 Å². The average Bonchev–Trinajstić information content (AvgIpc) is 3.00. The van der Waals surface area contributed by atoms with E-state index in [1.165, 1.54) is 23.5 Å². The predicted molar refractivity (Wildman–Crippen MR) is 109 cm³/mol. The number of aromatic nitrogens is 1. The van der Waals surface area contributed by atoms with Crippen LogP contribution in [0.4, 0.5) is 4.39 Å². The van der Waals surface area contributed by atoms with Gasteiger partial charge in [0.1, 0.15) is 5.82 Å². The van der Waals surface area contributed by atoms with E-state index < -0.39 is 5.91 Å². The summed E-state index contributed by atoms with van der Waals surface area (Å²) in [6, 6.07) is 9.50. The molecule has 0 spiro atoms. The van der Waals surface area contributed by atoms with E-state index in [1.54, 1.807) is 30.3 Å². The molecular weight excluding hydrogens is 379 g/mol. The fraction of sp³-hybridized carbons (Fsp3) is 0.238. The van der Waals surface area contributed by atoms with Crippen LogP contribution in [0.1, 0.15) is 24.2 Å². The van der Waals surface area contributed by atoms with E-state index in [2.05, 4.69) is 11.6 Å². The number of halogens is 1. The zero-order valence-electron chi connectivity index (χ0n) is 15.8. The van der Waals surface area contributed by atoms with Crippen molar-refractivity contribution in [1.82, 2.24) is 4.57 Å². The predicted octanol–water partition coefficient (Wildman–Crippen LogP) is 4.57. The van der Waals surface area contributed by atoms with Gasteiger partial charge in [0.05, 0.1) is 23.4 Å².